The number of nitrogens with zero attached hydrogens (tertiary/aromatic N) is 5. The molecule has 9 heteroatoms. The zero-order valence-electron chi connectivity index (χ0n) is 14.4. The van der Waals surface area contributed by atoms with Gasteiger partial charge in [0.25, 0.3) is 11.5 Å². The minimum atomic E-state index is -0.367. The summed E-state index contributed by atoms with van der Waals surface area (Å²) in [7, 11) is 0. The number of hydrogen-bond acceptors (Lipinski definition) is 6. The number of hydrogen-bond donors (Lipinski definition) is 1. The molecule has 1 fully saturated rings. The monoisotopic (exact) mass is 346 g/mol. The highest BCUT2D eigenvalue weighted by atomic mass is 16.5. The second kappa shape index (κ2) is 7.56. The van der Waals surface area contributed by atoms with Gasteiger partial charge < -0.3 is 9.64 Å². The number of aromatic nitrogens is 5. The molecule has 2 aromatic heterocycles. The zero-order chi connectivity index (χ0) is 17.8. The van der Waals surface area contributed by atoms with E-state index in [2.05, 4.69) is 20.3 Å². The molecule has 1 unspecified atom stereocenters. The maximum atomic E-state index is 12.8. The first kappa shape index (κ1) is 17.3. The van der Waals surface area contributed by atoms with E-state index in [1.54, 1.807) is 4.90 Å². The number of H-pyrrole nitrogens is 1. The number of amides is 1. The summed E-state index contributed by atoms with van der Waals surface area (Å²) in [5.74, 6) is 1.02. The lowest BCUT2D eigenvalue weighted by Gasteiger charge is -2.31. The summed E-state index contributed by atoms with van der Waals surface area (Å²) in [6.45, 7) is 5.59. The van der Waals surface area contributed by atoms with Gasteiger partial charge in [-0.25, -0.2) is 9.67 Å². The van der Waals surface area contributed by atoms with Crippen molar-refractivity contribution in [3.63, 3.8) is 0 Å². The second-order valence-corrected chi connectivity index (χ2v) is 6.02. The predicted molar refractivity (Wildman–Crippen MR) is 89.1 cm³/mol. The van der Waals surface area contributed by atoms with E-state index in [1.807, 2.05) is 13.8 Å². The van der Waals surface area contributed by atoms with Crippen molar-refractivity contribution >= 4 is 5.91 Å². The molecule has 25 heavy (non-hydrogen) atoms. The Morgan fingerprint density at radius 3 is 3.00 bits per heavy atom. The van der Waals surface area contributed by atoms with Gasteiger partial charge in [0.1, 0.15) is 17.6 Å². The number of ether oxygens (including phenoxy) is 1. The molecule has 1 aliphatic heterocycles. The smallest absolute Gasteiger partial charge is 0.274 e. The number of morpholine rings is 1. The molecule has 134 valence electrons. The van der Waals surface area contributed by atoms with Crippen LogP contribution in [-0.2, 0) is 11.3 Å². The molecule has 1 saturated heterocycles. The van der Waals surface area contributed by atoms with Gasteiger partial charge in [0.2, 0.25) is 0 Å². The number of aryl methyl sites for hydroxylation is 2. The summed E-state index contributed by atoms with van der Waals surface area (Å²) >= 11 is 0. The zero-order valence-corrected chi connectivity index (χ0v) is 14.4. The van der Waals surface area contributed by atoms with E-state index in [0.717, 1.165) is 12.8 Å². The first-order chi connectivity index (χ1) is 12.1. The lowest BCUT2D eigenvalue weighted by atomic mass is 10.2. The Labute approximate surface area is 145 Å². The van der Waals surface area contributed by atoms with E-state index in [0.29, 0.717) is 37.9 Å². The summed E-state index contributed by atoms with van der Waals surface area (Å²) < 4.78 is 7.03. The van der Waals surface area contributed by atoms with Crippen LogP contribution in [-0.4, -0.2) is 55.5 Å². The van der Waals surface area contributed by atoms with E-state index in [-0.39, 0.29) is 23.3 Å². The second-order valence-electron chi connectivity index (χ2n) is 6.02. The standard InChI is InChI=1S/C16H22N6O3/c1-3-4-7-22-14(23)6-5-12(20-22)16(24)21-8-9-25-13(10-21)15-17-11(2)18-19-15/h5-6,13H,3-4,7-10H2,1-2H3,(H,17,18,19). The first-order valence-corrected chi connectivity index (χ1v) is 8.46. The SMILES string of the molecule is CCCCn1nc(C(=O)N2CCOC(c3n[nH]c(C)n3)C2)ccc1=O. The summed E-state index contributed by atoms with van der Waals surface area (Å²) in [5, 5.41) is 11.1. The fraction of sp³-hybridized carbons (Fsp3) is 0.562. The van der Waals surface area contributed by atoms with Gasteiger partial charge in [0, 0.05) is 19.2 Å². The summed E-state index contributed by atoms with van der Waals surface area (Å²) in [6.07, 6.45) is 1.43. The van der Waals surface area contributed by atoms with Crippen LogP contribution in [0.2, 0.25) is 0 Å². The van der Waals surface area contributed by atoms with Gasteiger partial charge in [0.15, 0.2) is 5.82 Å². The van der Waals surface area contributed by atoms with Crippen molar-refractivity contribution < 1.29 is 9.53 Å². The maximum absolute atomic E-state index is 12.8. The Hall–Kier alpha value is -2.55. The quantitative estimate of drug-likeness (QED) is 0.853. The molecule has 1 N–H and O–H groups in total. The number of rotatable bonds is 5. The number of nitrogens with one attached hydrogen (secondary N) is 1. The maximum Gasteiger partial charge on any atom is 0.274 e. The Morgan fingerprint density at radius 1 is 1.44 bits per heavy atom. The predicted octanol–water partition coefficient (Wildman–Crippen LogP) is 0.684. The van der Waals surface area contributed by atoms with Crippen LogP contribution in [0.15, 0.2) is 16.9 Å². The van der Waals surface area contributed by atoms with Crippen LogP contribution < -0.4 is 5.56 Å². The average molecular weight is 346 g/mol. The Kier molecular flexibility index (Phi) is 5.22. The van der Waals surface area contributed by atoms with E-state index in [1.165, 1.54) is 16.8 Å². The van der Waals surface area contributed by atoms with Gasteiger partial charge in [-0.1, -0.05) is 13.3 Å². The summed E-state index contributed by atoms with van der Waals surface area (Å²) in [5.41, 5.74) is 0.0728. The van der Waals surface area contributed by atoms with E-state index >= 15 is 0 Å². The average Bonchev–Trinajstić information content (AvgIpc) is 3.07. The third-order valence-electron chi connectivity index (χ3n) is 4.07. The normalized spacial score (nSPS) is 17.7. The number of aromatic amines is 1. The molecule has 1 amide bonds. The largest absolute Gasteiger partial charge is 0.366 e. The molecule has 0 aliphatic carbocycles. The van der Waals surface area contributed by atoms with Crippen LogP contribution >= 0.6 is 0 Å². The van der Waals surface area contributed by atoms with Crippen molar-refractivity contribution in [2.45, 2.75) is 39.3 Å². The topological polar surface area (TPSA) is 106 Å². The molecule has 9 nitrogen and oxygen atoms in total. The molecule has 1 aliphatic rings. The highest BCUT2D eigenvalue weighted by Crippen LogP contribution is 2.20. The third kappa shape index (κ3) is 3.93. The van der Waals surface area contributed by atoms with Crippen molar-refractivity contribution in [1.82, 2.24) is 29.9 Å². The minimum absolute atomic E-state index is 0.193. The lowest BCUT2D eigenvalue weighted by Crippen LogP contribution is -2.43. The van der Waals surface area contributed by atoms with Gasteiger partial charge >= 0.3 is 0 Å². The molecule has 0 bridgehead atoms. The summed E-state index contributed by atoms with van der Waals surface area (Å²) in [6, 6.07) is 2.88. The Balaban J connectivity index is 1.75. The molecule has 0 radical (unpaired) electrons. The highest BCUT2D eigenvalue weighted by molar-refractivity contribution is 5.92. The minimum Gasteiger partial charge on any atom is -0.366 e. The molecule has 1 atom stereocenters. The van der Waals surface area contributed by atoms with Crippen LogP contribution in [0.1, 0.15) is 48.0 Å². The molecule has 3 rings (SSSR count). The van der Waals surface area contributed by atoms with Gasteiger partial charge in [-0.3, -0.25) is 14.7 Å². The molecule has 0 aromatic carbocycles. The Bertz CT molecular complexity index is 799. The summed E-state index contributed by atoms with van der Waals surface area (Å²) in [4.78, 5) is 30.5. The van der Waals surface area contributed by atoms with E-state index < -0.39 is 0 Å². The molecule has 0 saturated carbocycles. The molecular weight excluding hydrogens is 324 g/mol. The fourth-order valence-electron chi connectivity index (χ4n) is 2.69. The van der Waals surface area contributed by atoms with Crippen molar-refractivity contribution in [2.24, 2.45) is 0 Å². The van der Waals surface area contributed by atoms with Crippen LogP contribution in [0.4, 0.5) is 0 Å². The van der Waals surface area contributed by atoms with Crippen molar-refractivity contribution in [2.75, 3.05) is 19.7 Å². The third-order valence-corrected chi connectivity index (χ3v) is 4.07. The van der Waals surface area contributed by atoms with Crippen molar-refractivity contribution in [1.29, 1.82) is 0 Å². The fourth-order valence-corrected chi connectivity index (χ4v) is 2.69. The van der Waals surface area contributed by atoms with Crippen LogP contribution in [0.3, 0.4) is 0 Å². The molecule has 0 spiro atoms. The number of carbonyl (C=O) groups is 1. The number of carbonyl (C=O) groups excluding carboxylic acids is 1. The molecule has 2 aromatic rings. The van der Waals surface area contributed by atoms with Gasteiger partial charge in [-0.2, -0.15) is 10.2 Å². The van der Waals surface area contributed by atoms with E-state index in [9.17, 15) is 9.59 Å². The number of unbranched alkanes of at least 4 members (excludes halogenated alkanes) is 1. The molecular formula is C16H22N6O3. The highest BCUT2D eigenvalue weighted by Gasteiger charge is 2.29. The van der Waals surface area contributed by atoms with Gasteiger partial charge in [-0.15, -0.1) is 0 Å². The van der Waals surface area contributed by atoms with Crippen LogP contribution in [0.5, 0.6) is 0 Å². The van der Waals surface area contributed by atoms with Gasteiger partial charge in [-0.05, 0) is 19.4 Å². The van der Waals surface area contributed by atoms with Crippen LogP contribution in [0.25, 0.3) is 0 Å². The first-order valence-electron chi connectivity index (χ1n) is 8.46. The van der Waals surface area contributed by atoms with Crippen molar-refractivity contribution in [3.05, 3.63) is 39.8 Å². The molecule has 3 heterocycles. The van der Waals surface area contributed by atoms with Crippen LogP contribution in [0, 0.1) is 6.92 Å². The Morgan fingerprint density at radius 2 is 2.28 bits per heavy atom. The van der Waals surface area contributed by atoms with Gasteiger partial charge in [0.05, 0.1) is 13.2 Å². The van der Waals surface area contributed by atoms with Crippen molar-refractivity contribution in [3.8, 4) is 0 Å². The van der Waals surface area contributed by atoms with E-state index in [4.69, 9.17) is 4.74 Å². The lowest BCUT2D eigenvalue weighted by molar-refractivity contribution is -0.0269.